The number of hydrogen-bond acceptors (Lipinski definition) is 3. The number of aliphatic hydroxyl groups is 2. The third-order valence-corrected chi connectivity index (χ3v) is 2.72. The van der Waals surface area contributed by atoms with Crippen LogP contribution in [-0.2, 0) is 0 Å². The Bertz CT molecular complexity index is 368. The Kier molecular flexibility index (Phi) is 5.22. The van der Waals surface area contributed by atoms with Crippen LogP contribution in [0, 0.1) is 0 Å². The minimum atomic E-state index is -1.15. The lowest BCUT2D eigenvalue weighted by atomic mass is 9.98. The van der Waals surface area contributed by atoms with Crippen LogP contribution >= 0.6 is 23.2 Å². The summed E-state index contributed by atoms with van der Waals surface area (Å²) >= 11 is 11.2. The highest BCUT2D eigenvalue weighted by atomic mass is 35.5. The van der Waals surface area contributed by atoms with Gasteiger partial charge >= 0.3 is 0 Å². The van der Waals surface area contributed by atoms with Crippen LogP contribution < -0.4 is 0 Å². The molecule has 0 saturated heterocycles. The zero-order valence-corrected chi connectivity index (χ0v) is 9.95. The molecule has 0 fully saturated rings. The van der Waals surface area contributed by atoms with Crippen molar-refractivity contribution in [3.8, 4) is 0 Å². The highest BCUT2D eigenvalue weighted by Gasteiger charge is 2.20. The van der Waals surface area contributed by atoms with Crippen molar-refractivity contribution in [2.24, 2.45) is 0 Å². The van der Waals surface area contributed by atoms with E-state index in [2.05, 4.69) is 0 Å². The van der Waals surface area contributed by atoms with Crippen LogP contribution in [-0.4, -0.2) is 28.5 Å². The highest BCUT2D eigenvalue weighted by Crippen LogP contribution is 2.25. The third kappa shape index (κ3) is 3.19. The Morgan fingerprint density at radius 3 is 2.62 bits per heavy atom. The Morgan fingerprint density at radius 2 is 2.06 bits per heavy atom. The van der Waals surface area contributed by atoms with E-state index in [9.17, 15) is 15.0 Å². The van der Waals surface area contributed by atoms with Gasteiger partial charge in [-0.2, -0.15) is 0 Å². The maximum Gasteiger partial charge on any atom is 0.150 e. The fourth-order valence-corrected chi connectivity index (χ4v) is 1.79. The summed E-state index contributed by atoms with van der Waals surface area (Å²) in [4.78, 5) is 10.8. The average molecular weight is 263 g/mol. The molecule has 0 spiro atoms. The molecular formula is C11H12Cl2O3. The van der Waals surface area contributed by atoms with Gasteiger partial charge in [0.2, 0.25) is 0 Å². The molecule has 1 rings (SSSR count). The molecule has 1 aromatic rings. The minimum absolute atomic E-state index is 0.231. The van der Waals surface area contributed by atoms with Gasteiger partial charge in [0.15, 0.2) is 0 Å². The summed E-state index contributed by atoms with van der Waals surface area (Å²) in [6.45, 7) is 0. The van der Waals surface area contributed by atoms with Gasteiger partial charge in [0.25, 0.3) is 0 Å². The van der Waals surface area contributed by atoms with Gasteiger partial charge in [0.05, 0.1) is 6.10 Å². The van der Waals surface area contributed by atoms with E-state index in [1.807, 2.05) is 0 Å². The van der Waals surface area contributed by atoms with Gasteiger partial charge < -0.3 is 10.2 Å². The lowest BCUT2D eigenvalue weighted by Crippen LogP contribution is -2.20. The molecule has 0 aliphatic heterocycles. The Balaban J connectivity index is 3.00. The SMILES string of the molecule is O=Cc1ccc(Cl)cc1C(O)C(O)CCCl. The summed E-state index contributed by atoms with van der Waals surface area (Å²) in [6, 6.07) is 4.52. The lowest BCUT2D eigenvalue weighted by molar-refractivity contribution is 0.0167. The first-order valence-electron chi connectivity index (χ1n) is 4.77. The maximum atomic E-state index is 10.8. The summed E-state index contributed by atoms with van der Waals surface area (Å²) in [7, 11) is 0. The number of benzene rings is 1. The van der Waals surface area contributed by atoms with Crippen molar-refractivity contribution in [2.75, 3.05) is 5.88 Å². The van der Waals surface area contributed by atoms with Gasteiger partial charge in [-0.05, 0) is 30.2 Å². The van der Waals surface area contributed by atoms with Crippen LogP contribution in [0.2, 0.25) is 5.02 Å². The standard InChI is InChI=1S/C11H12Cl2O3/c12-4-3-10(15)11(16)9-5-8(13)2-1-7(9)6-14/h1-2,5-6,10-11,15-16H,3-4H2. The van der Waals surface area contributed by atoms with E-state index in [0.29, 0.717) is 22.4 Å². The second-order valence-electron chi connectivity index (χ2n) is 3.38. The molecular weight excluding hydrogens is 251 g/mol. The lowest BCUT2D eigenvalue weighted by Gasteiger charge is -2.18. The van der Waals surface area contributed by atoms with Gasteiger partial charge in [-0.3, -0.25) is 4.79 Å². The number of halogens is 2. The predicted molar refractivity (Wildman–Crippen MR) is 63.1 cm³/mol. The van der Waals surface area contributed by atoms with E-state index >= 15 is 0 Å². The van der Waals surface area contributed by atoms with Crippen LogP contribution in [0.15, 0.2) is 18.2 Å². The summed E-state index contributed by atoms with van der Waals surface area (Å²) < 4.78 is 0. The number of aldehydes is 1. The van der Waals surface area contributed by atoms with E-state index in [0.717, 1.165) is 0 Å². The van der Waals surface area contributed by atoms with Crippen LogP contribution in [0.1, 0.15) is 28.4 Å². The molecule has 0 aliphatic rings. The number of aliphatic hydroxyl groups excluding tert-OH is 2. The summed E-state index contributed by atoms with van der Waals surface area (Å²) in [5, 5.41) is 19.8. The molecule has 0 radical (unpaired) electrons. The Labute approximate surface area is 104 Å². The van der Waals surface area contributed by atoms with E-state index in [4.69, 9.17) is 23.2 Å². The van der Waals surface area contributed by atoms with Crippen LogP contribution in [0.5, 0.6) is 0 Å². The molecule has 0 saturated carbocycles. The fraction of sp³-hybridized carbons (Fsp3) is 0.364. The molecule has 1 aromatic carbocycles. The van der Waals surface area contributed by atoms with Crippen molar-refractivity contribution >= 4 is 29.5 Å². The first-order chi connectivity index (χ1) is 7.60. The molecule has 0 amide bonds. The zero-order chi connectivity index (χ0) is 12.1. The molecule has 2 N–H and O–H groups in total. The highest BCUT2D eigenvalue weighted by molar-refractivity contribution is 6.30. The molecule has 2 unspecified atom stereocenters. The predicted octanol–water partition coefficient (Wildman–Crippen LogP) is 2.18. The van der Waals surface area contributed by atoms with E-state index < -0.39 is 12.2 Å². The molecule has 0 aromatic heterocycles. The van der Waals surface area contributed by atoms with Crippen LogP contribution in [0.25, 0.3) is 0 Å². The van der Waals surface area contributed by atoms with Gasteiger partial charge in [-0.15, -0.1) is 11.6 Å². The molecule has 88 valence electrons. The molecule has 3 nitrogen and oxygen atoms in total. The molecule has 0 heterocycles. The monoisotopic (exact) mass is 262 g/mol. The van der Waals surface area contributed by atoms with E-state index in [-0.39, 0.29) is 12.3 Å². The maximum absolute atomic E-state index is 10.8. The largest absolute Gasteiger partial charge is 0.390 e. The van der Waals surface area contributed by atoms with Crippen molar-refractivity contribution in [1.29, 1.82) is 0 Å². The number of hydrogen-bond donors (Lipinski definition) is 2. The van der Waals surface area contributed by atoms with Gasteiger partial charge in [-0.1, -0.05) is 11.6 Å². The third-order valence-electron chi connectivity index (χ3n) is 2.26. The first-order valence-corrected chi connectivity index (χ1v) is 5.68. The van der Waals surface area contributed by atoms with Crippen molar-refractivity contribution < 1.29 is 15.0 Å². The second kappa shape index (κ2) is 6.21. The second-order valence-corrected chi connectivity index (χ2v) is 4.20. The van der Waals surface area contributed by atoms with Crippen molar-refractivity contribution in [3.63, 3.8) is 0 Å². The molecule has 16 heavy (non-hydrogen) atoms. The minimum Gasteiger partial charge on any atom is -0.390 e. The van der Waals surface area contributed by atoms with E-state index in [1.165, 1.54) is 12.1 Å². The molecule has 2 atom stereocenters. The topological polar surface area (TPSA) is 57.5 Å². The van der Waals surface area contributed by atoms with Gasteiger partial charge in [0.1, 0.15) is 12.4 Å². The van der Waals surface area contributed by atoms with Gasteiger partial charge in [-0.25, -0.2) is 0 Å². The van der Waals surface area contributed by atoms with Crippen LogP contribution in [0.4, 0.5) is 0 Å². The van der Waals surface area contributed by atoms with Gasteiger partial charge in [0, 0.05) is 16.5 Å². The quantitative estimate of drug-likeness (QED) is 0.632. The summed E-state index contributed by atoms with van der Waals surface area (Å²) in [5.41, 5.74) is 0.630. The zero-order valence-electron chi connectivity index (χ0n) is 8.44. The smallest absolute Gasteiger partial charge is 0.150 e. The normalized spacial score (nSPS) is 14.5. The Hall–Kier alpha value is -0.610. The summed E-state index contributed by atoms with van der Waals surface area (Å²) in [5.74, 6) is 0.231. The van der Waals surface area contributed by atoms with Crippen molar-refractivity contribution in [1.82, 2.24) is 0 Å². The number of alkyl halides is 1. The average Bonchev–Trinajstić information content (AvgIpc) is 2.28. The summed E-state index contributed by atoms with van der Waals surface area (Å²) in [6.07, 6.45) is -1.30. The van der Waals surface area contributed by atoms with E-state index in [1.54, 1.807) is 6.07 Å². The fourth-order valence-electron chi connectivity index (χ4n) is 1.39. The van der Waals surface area contributed by atoms with Crippen molar-refractivity contribution in [3.05, 3.63) is 34.3 Å². The van der Waals surface area contributed by atoms with Crippen molar-refractivity contribution in [2.45, 2.75) is 18.6 Å². The first kappa shape index (κ1) is 13.5. The molecule has 5 heteroatoms. The number of rotatable bonds is 5. The number of carbonyl (C=O) groups is 1. The number of carbonyl (C=O) groups excluding carboxylic acids is 1. The Morgan fingerprint density at radius 1 is 1.38 bits per heavy atom. The van der Waals surface area contributed by atoms with Crippen LogP contribution in [0.3, 0.4) is 0 Å². The molecule has 0 bridgehead atoms. The molecule has 0 aliphatic carbocycles.